The molecule has 0 heterocycles. The van der Waals surface area contributed by atoms with Crippen molar-refractivity contribution in [3.05, 3.63) is 163 Å². The molecule has 0 aliphatic carbocycles. The van der Waals surface area contributed by atoms with Crippen LogP contribution in [0.25, 0.3) is 11.1 Å². The summed E-state index contributed by atoms with van der Waals surface area (Å²) in [7, 11) is 0. The summed E-state index contributed by atoms with van der Waals surface area (Å²) in [5.74, 6) is -11.3. The van der Waals surface area contributed by atoms with Crippen molar-refractivity contribution in [1.82, 2.24) is 0 Å². The number of rotatable bonds is 15. The number of carbonyl (C=O) groups excluding carboxylic acids is 7. The van der Waals surface area contributed by atoms with Crippen LogP contribution in [0.1, 0.15) is 182 Å². The number of carboxylic acid groups (broad SMARTS) is 6. The maximum absolute atomic E-state index is 12.6. The van der Waals surface area contributed by atoms with Crippen LogP contribution in [0.15, 0.2) is 84.9 Å². The van der Waals surface area contributed by atoms with Crippen LogP contribution in [-0.2, 0) is 0 Å². The van der Waals surface area contributed by atoms with Gasteiger partial charge in [-0.05, 0) is 113 Å². The van der Waals surface area contributed by atoms with E-state index >= 15 is 0 Å². The summed E-state index contributed by atoms with van der Waals surface area (Å²) in [6.07, 6.45) is 0. The maximum atomic E-state index is 12.6. The zero-order valence-corrected chi connectivity index (χ0v) is 36.6. The largest absolute Gasteiger partial charge is 0.478 e. The van der Waals surface area contributed by atoms with Crippen LogP contribution in [0.2, 0.25) is 0 Å². The Hall–Kier alpha value is -9.39. The Morgan fingerprint density at radius 1 is 0.250 bits per heavy atom. The van der Waals surface area contributed by atoms with Crippen LogP contribution >= 0.6 is 0 Å². The lowest BCUT2D eigenvalue weighted by Crippen LogP contribution is -2.14. The molecule has 5 aromatic rings. The Morgan fingerprint density at radius 3 is 0.691 bits per heavy atom. The van der Waals surface area contributed by atoms with Crippen molar-refractivity contribution in [3.63, 3.8) is 0 Å². The first-order valence-electron chi connectivity index (χ1n) is 19.4. The van der Waals surface area contributed by atoms with Gasteiger partial charge in [0, 0.05) is 44.5 Å². The normalized spacial score (nSPS) is 10.1. The summed E-state index contributed by atoms with van der Waals surface area (Å²) in [6.45, 7) is 7.19. The second-order valence-corrected chi connectivity index (χ2v) is 14.5. The molecule has 0 atom stereocenters. The molecular formula is C49H38O19. The molecule has 19 heteroatoms. The summed E-state index contributed by atoms with van der Waals surface area (Å²) in [5.41, 5.74) is -0.872. The number of carboxylic acids is 6. The van der Waals surface area contributed by atoms with Crippen LogP contribution in [0.4, 0.5) is 0 Å². The highest BCUT2D eigenvalue weighted by Crippen LogP contribution is 2.27. The third-order valence-electron chi connectivity index (χ3n) is 9.75. The SMILES string of the molecule is CC(=O)c1cc(-c2ccc(C(=O)O)c(C(C)=O)c2)ccc1C(=O)O.CC(=O)c1cc(C(=O)c2ccc(C(=O)O)c(C(C)=O)c2)ccc1C(=O)O.CC(=O)c1cc(C(C)=O)c(C(=O)O)cc1C(=O)O. The predicted molar refractivity (Wildman–Crippen MR) is 236 cm³/mol. The van der Waals surface area contributed by atoms with Gasteiger partial charge in [0.2, 0.25) is 0 Å². The summed E-state index contributed by atoms with van der Waals surface area (Å²) >= 11 is 0. The lowest BCUT2D eigenvalue weighted by atomic mass is 9.94. The quantitative estimate of drug-likeness (QED) is 0.0558. The number of hydrogen-bond acceptors (Lipinski definition) is 13. The van der Waals surface area contributed by atoms with E-state index in [9.17, 15) is 62.3 Å². The van der Waals surface area contributed by atoms with Gasteiger partial charge in [0.1, 0.15) is 0 Å². The van der Waals surface area contributed by atoms with Gasteiger partial charge in [-0.15, -0.1) is 0 Å². The molecule has 0 aliphatic heterocycles. The van der Waals surface area contributed by atoms with Gasteiger partial charge in [0.05, 0.1) is 33.4 Å². The molecular weight excluding hydrogens is 893 g/mol. The maximum Gasteiger partial charge on any atom is 0.336 e. The van der Waals surface area contributed by atoms with Gasteiger partial charge in [-0.1, -0.05) is 24.3 Å². The summed E-state index contributed by atoms with van der Waals surface area (Å²) < 4.78 is 0. The Morgan fingerprint density at radius 2 is 0.456 bits per heavy atom. The molecule has 5 rings (SSSR count). The van der Waals surface area contributed by atoms with E-state index in [1.165, 1.54) is 88.4 Å². The smallest absolute Gasteiger partial charge is 0.336 e. The summed E-state index contributed by atoms with van der Waals surface area (Å²) in [5, 5.41) is 54.3. The van der Waals surface area contributed by atoms with Gasteiger partial charge in [0.15, 0.2) is 40.5 Å². The number of hydrogen-bond donors (Lipinski definition) is 6. The van der Waals surface area contributed by atoms with Gasteiger partial charge in [-0.3, -0.25) is 33.6 Å². The molecule has 5 aromatic carbocycles. The topological polar surface area (TPSA) is 343 Å². The average molecular weight is 931 g/mol. The minimum Gasteiger partial charge on any atom is -0.478 e. The zero-order chi connectivity index (χ0) is 51.6. The van der Waals surface area contributed by atoms with Crippen LogP contribution < -0.4 is 0 Å². The van der Waals surface area contributed by atoms with Crippen molar-refractivity contribution >= 4 is 76.3 Å². The molecule has 0 spiro atoms. The third kappa shape index (κ3) is 12.4. The fourth-order valence-electron chi connectivity index (χ4n) is 6.43. The zero-order valence-electron chi connectivity index (χ0n) is 36.6. The van der Waals surface area contributed by atoms with E-state index in [0.717, 1.165) is 38.1 Å². The highest BCUT2D eigenvalue weighted by molar-refractivity contribution is 6.15. The van der Waals surface area contributed by atoms with E-state index in [2.05, 4.69) is 0 Å². The number of benzene rings is 5. The van der Waals surface area contributed by atoms with E-state index < -0.39 is 87.4 Å². The first-order valence-corrected chi connectivity index (χ1v) is 19.4. The minimum atomic E-state index is -1.42. The summed E-state index contributed by atoms with van der Waals surface area (Å²) in [4.78, 5) is 149. The Kier molecular flexibility index (Phi) is 17.1. The average Bonchev–Trinajstić information content (AvgIpc) is 3.27. The first-order chi connectivity index (χ1) is 31.6. The van der Waals surface area contributed by atoms with Gasteiger partial charge >= 0.3 is 35.8 Å². The highest BCUT2D eigenvalue weighted by Gasteiger charge is 2.24. The highest BCUT2D eigenvalue weighted by atomic mass is 16.4. The van der Waals surface area contributed by atoms with Crippen molar-refractivity contribution in [2.75, 3.05) is 0 Å². The molecule has 0 aliphatic rings. The van der Waals surface area contributed by atoms with Crippen molar-refractivity contribution in [1.29, 1.82) is 0 Å². The fourth-order valence-corrected chi connectivity index (χ4v) is 6.43. The first kappa shape index (κ1) is 53.0. The Balaban J connectivity index is 0.000000275. The van der Waals surface area contributed by atoms with Crippen molar-refractivity contribution < 1.29 is 93.0 Å². The van der Waals surface area contributed by atoms with Crippen molar-refractivity contribution in [2.24, 2.45) is 0 Å². The number of Topliss-reactive ketones (excluding diaryl/α,β-unsaturated/α-hetero) is 6. The van der Waals surface area contributed by atoms with Gasteiger partial charge in [-0.2, -0.15) is 0 Å². The van der Waals surface area contributed by atoms with E-state index in [-0.39, 0.29) is 66.8 Å². The fraction of sp³-hybridized carbons (Fsp3) is 0.122. The molecule has 6 N–H and O–H groups in total. The van der Waals surface area contributed by atoms with Crippen LogP contribution in [-0.4, -0.2) is 107 Å². The van der Waals surface area contributed by atoms with Crippen molar-refractivity contribution in [3.8, 4) is 11.1 Å². The minimum absolute atomic E-state index is 0.0479. The number of ketones is 7. The number of carbonyl (C=O) groups is 13. The standard InChI is InChI=1S/C19H14O7.C18H14O6.C12H10O6/c1-9(20)15-7-11(3-5-13(15)18(23)24)17(22)12-4-6-14(19(25)26)16(8-12)10(2)21;1-9(19)15-7-11(3-5-13(15)17(21)22)12-4-6-14(18(23)24)16(8-12)10(2)20;1-5(13)7-3-8(6(2)14)10(12(17)18)4-9(7)11(15)16/h3-8H,1-2H3,(H,23,24)(H,25,26);3-8H,1-2H3,(H,21,22)(H,23,24);3-4H,1-2H3,(H,15,16)(H,17,18). The molecule has 0 saturated heterocycles. The lowest BCUT2D eigenvalue weighted by Gasteiger charge is -2.10. The second kappa shape index (κ2) is 22.0. The van der Waals surface area contributed by atoms with Gasteiger partial charge in [-0.25, -0.2) is 28.8 Å². The predicted octanol–water partition coefficient (Wildman–Crippen LogP) is 7.36. The molecule has 0 saturated carbocycles. The van der Waals surface area contributed by atoms with Gasteiger partial charge in [0.25, 0.3) is 0 Å². The molecule has 19 nitrogen and oxygen atoms in total. The Labute approximate surface area is 383 Å². The third-order valence-corrected chi connectivity index (χ3v) is 9.75. The second-order valence-electron chi connectivity index (χ2n) is 14.5. The van der Waals surface area contributed by atoms with Crippen LogP contribution in [0.3, 0.4) is 0 Å². The van der Waals surface area contributed by atoms with Crippen LogP contribution in [0, 0.1) is 0 Å². The van der Waals surface area contributed by atoms with Crippen LogP contribution in [0.5, 0.6) is 0 Å². The number of aromatic carboxylic acids is 6. The molecule has 0 radical (unpaired) electrons. The molecule has 0 fully saturated rings. The van der Waals surface area contributed by atoms with Crippen molar-refractivity contribution in [2.45, 2.75) is 41.5 Å². The summed E-state index contributed by atoms with van der Waals surface area (Å²) in [6, 6.07) is 17.5. The molecule has 0 aromatic heterocycles. The molecule has 0 unspecified atom stereocenters. The molecule has 0 bridgehead atoms. The monoisotopic (exact) mass is 930 g/mol. The molecule has 348 valence electrons. The lowest BCUT2D eigenvalue weighted by molar-refractivity contribution is 0.0676. The van der Waals surface area contributed by atoms with E-state index in [1.54, 1.807) is 0 Å². The Bertz CT molecular complexity index is 2810. The van der Waals surface area contributed by atoms with E-state index in [1.807, 2.05) is 0 Å². The molecule has 0 amide bonds. The molecule has 68 heavy (non-hydrogen) atoms. The van der Waals surface area contributed by atoms with E-state index in [0.29, 0.717) is 11.1 Å². The van der Waals surface area contributed by atoms with E-state index in [4.69, 9.17) is 30.6 Å². The van der Waals surface area contributed by atoms with Gasteiger partial charge < -0.3 is 30.6 Å².